The third-order valence-electron chi connectivity index (χ3n) is 0.377. The SMILES string of the molecule is C=CC=C.C=CS(=O)(=O)O. The van der Waals surface area contributed by atoms with Gasteiger partial charge in [0.2, 0.25) is 0 Å². The summed E-state index contributed by atoms with van der Waals surface area (Å²) < 4.78 is 26.6. The van der Waals surface area contributed by atoms with E-state index in [1.165, 1.54) is 0 Å². The molecule has 0 aliphatic carbocycles. The van der Waals surface area contributed by atoms with E-state index in [4.69, 9.17) is 4.55 Å². The van der Waals surface area contributed by atoms with Gasteiger partial charge in [0.05, 0.1) is 5.41 Å². The van der Waals surface area contributed by atoms with Gasteiger partial charge >= 0.3 is 0 Å². The van der Waals surface area contributed by atoms with Crippen molar-refractivity contribution in [3.8, 4) is 0 Å². The molecule has 0 aromatic heterocycles. The standard InChI is InChI=1S/C4H6.C2H4O3S/c1-3-4-2;1-2-6(3,4)5/h3-4H,1-2H2;2H,1H2,(H,3,4,5). The molecule has 1 N–H and O–H groups in total. The molecule has 0 atom stereocenters. The summed E-state index contributed by atoms with van der Waals surface area (Å²) in [5, 5.41) is 0.465. The van der Waals surface area contributed by atoms with Crippen LogP contribution in [0.4, 0.5) is 0 Å². The molecule has 0 saturated heterocycles. The third-order valence-corrected chi connectivity index (χ3v) is 0.799. The van der Waals surface area contributed by atoms with Crippen molar-refractivity contribution >= 4 is 10.1 Å². The van der Waals surface area contributed by atoms with Crippen LogP contribution in [0.1, 0.15) is 0 Å². The van der Waals surface area contributed by atoms with Gasteiger partial charge in [-0.2, -0.15) is 8.42 Å². The largest absolute Gasteiger partial charge is 0.287 e. The molecule has 0 aliphatic rings. The van der Waals surface area contributed by atoms with E-state index in [1.54, 1.807) is 12.2 Å². The van der Waals surface area contributed by atoms with E-state index in [9.17, 15) is 8.42 Å². The molecular formula is C6H10O3S. The quantitative estimate of drug-likeness (QED) is 0.493. The van der Waals surface area contributed by atoms with Gasteiger partial charge in [-0.1, -0.05) is 31.9 Å². The monoisotopic (exact) mass is 162 g/mol. The van der Waals surface area contributed by atoms with Crippen molar-refractivity contribution in [3.05, 3.63) is 37.3 Å². The minimum atomic E-state index is -3.90. The number of rotatable bonds is 2. The van der Waals surface area contributed by atoms with Crippen molar-refractivity contribution in [3.63, 3.8) is 0 Å². The highest BCUT2D eigenvalue weighted by Gasteiger charge is 1.87. The maximum atomic E-state index is 9.44. The van der Waals surface area contributed by atoms with Gasteiger partial charge in [0, 0.05) is 0 Å². The van der Waals surface area contributed by atoms with Crippen molar-refractivity contribution in [1.82, 2.24) is 0 Å². The van der Waals surface area contributed by atoms with Crippen LogP contribution in [0.2, 0.25) is 0 Å². The summed E-state index contributed by atoms with van der Waals surface area (Å²) >= 11 is 0. The maximum absolute atomic E-state index is 9.44. The number of allylic oxidation sites excluding steroid dienone is 2. The van der Waals surface area contributed by atoms with Crippen LogP contribution in [0.25, 0.3) is 0 Å². The van der Waals surface area contributed by atoms with Gasteiger partial charge in [-0.15, -0.1) is 0 Å². The molecule has 0 unspecified atom stereocenters. The lowest BCUT2D eigenvalue weighted by Gasteiger charge is -1.73. The molecule has 0 bridgehead atoms. The van der Waals surface area contributed by atoms with Gasteiger partial charge in [0.1, 0.15) is 0 Å². The minimum absolute atomic E-state index is 0.465. The van der Waals surface area contributed by atoms with Crippen molar-refractivity contribution < 1.29 is 13.0 Å². The fourth-order valence-corrected chi connectivity index (χ4v) is 0. The molecule has 0 heterocycles. The Kier molecular flexibility index (Phi) is 7.42. The lowest BCUT2D eigenvalue weighted by molar-refractivity contribution is 0.494. The lowest BCUT2D eigenvalue weighted by Crippen LogP contribution is -1.86. The van der Waals surface area contributed by atoms with Crippen molar-refractivity contribution in [2.75, 3.05) is 0 Å². The first-order chi connectivity index (χ1) is 4.47. The minimum Gasteiger partial charge on any atom is -0.282 e. The van der Waals surface area contributed by atoms with E-state index in [-0.39, 0.29) is 0 Å². The van der Waals surface area contributed by atoms with Crippen LogP contribution < -0.4 is 0 Å². The zero-order valence-electron chi connectivity index (χ0n) is 5.53. The van der Waals surface area contributed by atoms with Crippen molar-refractivity contribution in [2.45, 2.75) is 0 Å². The van der Waals surface area contributed by atoms with E-state index in [0.29, 0.717) is 5.41 Å². The molecule has 0 aromatic carbocycles. The molecule has 0 spiro atoms. The summed E-state index contributed by atoms with van der Waals surface area (Å²) in [6.45, 7) is 9.52. The predicted molar refractivity (Wildman–Crippen MR) is 42.1 cm³/mol. The fourth-order valence-electron chi connectivity index (χ4n) is 0. The Bertz CT molecular complexity index is 183. The Balaban J connectivity index is 0. The average Bonchev–Trinajstić information content (AvgIpc) is 1.87. The fraction of sp³-hybridized carbons (Fsp3) is 0. The Labute approximate surface area is 61.1 Å². The van der Waals surface area contributed by atoms with Crippen LogP contribution in [0, 0.1) is 0 Å². The van der Waals surface area contributed by atoms with E-state index >= 15 is 0 Å². The molecule has 0 radical (unpaired) electrons. The molecule has 4 heteroatoms. The zero-order chi connectivity index (χ0) is 8.62. The van der Waals surface area contributed by atoms with Crippen molar-refractivity contribution in [2.24, 2.45) is 0 Å². The lowest BCUT2D eigenvalue weighted by atomic mass is 10.6. The zero-order valence-corrected chi connectivity index (χ0v) is 6.34. The molecule has 0 aromatic rings. The molecule has 10 heavy (non-hydrogen) atoms. The second-order valence-electron chi connectivity index (χ2n) is 1.15. The van der Waals surface area contributed by atoms with Crippen LogP contribution >= 0.6 is 0 Å². The Morgan fingerprint density at radius 3 is 1.30 bits per heavy atom. The molecule has 3 nitrogen and oxygen atoms in total. The van der Waals surface area contributed by atoms with Gasteiger partial charge in [-0.25, -0.2) is 0 Å². The topological polar surface area (TPSA) is 54.4 Å². The van der Waals surface area contributed by atoms with E-state index in [1.807, 2.05) is 0 Å². The Morgan fingerprint density at radius 1 is 1.10 bits per heavy atom. The maximum Gasteiger partial charge on any atom is 0.287 e. The Morgan fingerprint density at radius 2 is 1.30 bits per heavy atom. The predicted octanol–water partition coefficient (Wildman–Crippen LogP) is 1.38. The van der Waals surface area contributed by atoms with Gasteiger partial charge in [-0.05, 0) is 0 Å². The summed E-state index contributed by atoms with van der Waals surface area (Å²) in [6.07, 6.45) is 3.28. The highest BCUT2D eigenvalue weighted by molar-refractivity contribution is 7.88. The van der Waals surface area contributed by atoms with E-state index in [2.05, 4.69) is 19.7 Å². The van der Waals surface area contributed by atoms with Crippen molar-refractivity contribution in [1.29, 1.82) is 0 Å². The summed E-state index contributed by atoms with van der Waals surface area (Å²) in [6, 6.07) is 0. The normalized spacial score (nSPS) is 8.50. The number of hydrogen-bond acceptors (Lipinski definition) is 2. The Hall–Kier alpha value is -0.870. The van der Waals surface area contributed by atoms with E-state index in [0.717, 1.165) is 0 Å². The molecular weight excluding hydrogens is 152 g/mol. The third kappa shape index (κ3) is 27.3. The molecule has 58 valence electrons. The average molecular weight is 162 g/mol. The molecule has 0 fully saturated rings. The first kappa shape index (κ1) is 11.9. The van der Waals surface area contributed by atoms with Crippen LogP contribution in [0.5, 0.6) is 0 Å². The number of hydrogen-bond donors (Lipinski definition) is 1. The van der Waals surface area contributed by atoms with Gasteiger partial charge in [0.15, 0.2) is 0 Å². The summed E-state index contributed by atoms with van der Waals surface area (Å²) in [5.41, 5.74) is 0. The first-order valence-corrected chi connectivity index (χ1v) is 3.81. The van der Waals surface area contributed by atoms with E-state index < -0.39 is 10.1 Å². The molecule has 0 saturated carbocycles. The smallest absolute Gasteiger partial charge is 0.282 e. The van der Waals surface area contributed by atoms with Gasteiger partial charge < -0.3 is 0 Å². The van der Waals surface area contributed by atoms with Crippen LogP contribution in [0.15, 0.2) is 37.3 Å². The molecule has 0 amide bonds. The van der Waals surface area contributed by atoms with Gasteiger partial charge in [0.25, 0.3) is 10.1 Å². The summed E-state index contributed by atoms with van der Waals surface area (Å²) in [4.78, 5) is 0. The highest BCUT2D eigenvalue weighted by atomic mass is 32.2. The van der Waals surface area contributed by atoms with Gasteiger partial charge in [-0.3, -0.25) is 4.55 Å². The van der Waals surface area contributed by atoms with Crippen LogP contribution in [-0.4, -0.2) is 13.0 Å². The molecule has 0 aliphatic heterocycles. The highest BCUT2D eigenvalue weighted by Crippen LogP contribution is 1.75. The summed E-state index contributed by atoms with van der Waals surface area (Å²) in [7, 11) is -3.90. The van der Waals surface area contributed by atoms with Crippen LogP contribution in [-0.2, 0) is 10.1 Å². The molecule has 0 rings (SSSR count). The second-order valence-corrected chi connectivity index (χ2v) is 2.52. The second kappa shape index (κ2) is 6.25. The summed E-state index contributed by atoms with van der Waals surface area (Å²) in [5.74, 6) is 0. The first-order valence-electron chi connectivity index (χ1n) is 2.31. The van der Waals surface area contributed by atoms with Crippen LogP contribution in [0.3, 0.4) is 0 Å².